The summed E-state index contributed by atoms with van der Waals surface area (Å²) in [7, 11) is 3.17. The Morgan fingerprint density at radius 3 is 2.50 bits per heavy atom. The Labute approximate surface area is 118 Å². The molecule has 0 radical (unpaired) electrons. The van der Waals surface area contributed by atoms with Crippen molar-refractivity contribution < 1.29 is 14.3 Å². The van der Waals surface area contributed by atoms with Crippen LogP contribution in [0.3, 0.4) is 0 Å². The summed E-state index contributed by atoms with van der Waals surface area (Å²) in [6.07, 6.45) is 2.39. The van der Waals surface area contributed by atoms with Gasteiger partial charge in [0.15, 0.2) is 11.5 Å². The van der Waals surface area contributed by atoms with Gasteiger partial charge in [0.25, 0.3) is 0 Å². The lowest BCUT2D eigenvalue weighted by molar-refractivity contribution is -0.117. The van der Waals surface area contributed by atoms with Crippen molar-refractivity contribution in [2.75, 3.05) is 14.2 Å². The number of ketones is 1. The maximum Gasteiger partial charge on any atom is 0.161 e. The SMILES string of the molecule is COc1ccc(CC(=O)Cc2ccccn2)cc1OC. The number of carbonyl (C=O) groups excluding carboxylic acids is 1. The first kappa shape index (κ1) is 14.1. The fourth-order valence-corrected chi connectivity index (χ4v) is 1.99. The molecule has 0 aliphatic carbocycles. The van der Waals surface area contributed by atoms with Gasteiger partial charge in [-0.15, -0.1) is 0 Å². The van der Waals surface area contributed by atoms with E-state index in [0.717, 1.165) is 11.3 Å². The van der Waals surface area contributed by atoms with Gasteiger partial charge in [-0.2, -0.15) is 0 Å². The third kappa shape index (κ3) is 3.57. The minimum Gasteiger partial charge on any atom is -0.493 e. The van der Waals surface area contributed by atoms with E-state index in [1.165, 1.54) is 0 Å². The van der Waals surface area contributed by atoms with Crippen molar-refractivity contribution in [3.63, 3.8) is 0 Å². The number of aromatic nitrogens is 1. The number of methoxy groups -OCH3 is 2. The third-order valence-corrected chi connectivity index (χ3v) is 2.95. The predicted octanol–water partition coefficient (Wildman–Crippen LogP) is 2.45. The first-order valence-electron chi connectivity index (χ1n) is 6.35. The topological polar surface area (TPSA) is 48.4 Å². The van der Waals surface area contributed by atoms with Crippen LogP contribution < -0.4 is 9.47 Å². The zero-order valence-electron chi connectivity index (χ0n) is 11.6. The second-order valence-electron chi connectivity index (χ2n) is 4.40. The quantitative estimate of drug-likeness (QED) is 0.809. The van der Waals surface area contributed by atoms with Crippen LogP contribution >= 0.6 is 0 Å². The number of hydrogen-bond acceptors (Lipinski definition) is 4. The van der Waals surface area contributed by atoms with E-state index in [-0.39, 0.29) is 5.78 Å². The van der Waals surface area contributed by atoms with Gasteiger partial charge in [-0.05, 0) is 29.8 Å². The number of pyridine rings is 1. The molecule has 0 spiro atoms. The van der Waals surface area contributed by atoms with Gasteiger partial charge in [0.05, 0.1) is 14.2 Å². The Bertz CT molecular complexity index is 582. The standard InChI is InChI=1S/C16H17NO3/c1-19-15-7-6-12(10-16(15)20-2)9-14(18)11-13-5-3-4-8-17-13/h3-8,10H,9,11H2,1-2H3. The molecule has 1 heterocycles. The monoisotopic (exact) mass is 271 g/mol. The molecule has 0 saturated carbocycles. The molecule has 20 heavy (non-hydrogen) atoms. The van der Waals surface area contributed by atoms with Crippen LogP contribution in [-0.4, -0.2) is 25.0 Å². The molecule has 0 unspecified atom stereocenters. The Kier molecular flexibility index (Phi) is 4.71. The van der Waals surface area contributed by atoms with E-state index >= 15 is 0 Å². The molecule has 0 amide bonds. The maximum atomic E-state index is 12.0. The Balaban J connectivity index is 2.04. The van der Waals surface area contributed by atoms with Gasteiger partial charge in [0.1, 0.15) is 5.78 Å². The van der Waals surface area contributed by atoms with E-state index in [4.69, 9.17) is 9.47 Å². The highest BCUT2D eigenvalue weighted by molar-refractivity contribution is 5.82. The summed E-state index contributed by atoms with van der Waals surface area (Å²) < 4.78 is 10.4. The number of hydrogen-bond donors (Lipinski definition) is 0. The molecule has 0 aliphatic heterocycles. The number of nitrogens with zero attached hydrogens (tertiary/aromatic N) is 1. The van der Waals surface area contributed by atoms with E-state index in [1.54, 1.807) is 20.4 Å². The van der Waals surface area contributed by atoms with Crippen LogP contribution in [0.1, 0.15) is 11.3 Å². The van der Waals surface area contributed by atoms with Crippen molar-refractivity contribution in [3.05, 3.63) is 53.9 Å². The van der Waals surface area contributed by atoms with Crippen LogP contribution in [0.25, 0.3) is 0 Å². The van der Waals surface area contributed by atoms with Gasteiger partial charge in [-0.25, -0.2) is 0 Å². The molecular formula is C16H17NO3. The molecule has 0 aliphatic rings. The van der Waals surface area contributed by atoms with Crippen molar-refractivity contribution in [1.29, 1.82) is 0 Å². The number of benzene rings is 1. The summed E-state index contributed by atoms with van der Waals surface area (Å²) in [4.78, 5) is 16.2. The minimum atomic E-state index is 0.121. The molecule has 2 rings (SSSR count). The van der Waals surface area contributed by atoms with E-state index in [0.29, 0.717) is 24.3 Å². The van der Waals surface area contributed by atoms with Crippen molar-refractivity contribution >= 4 is 5.78 Å². The van der Waals surface area contributed by atoms with Crippen molar-refractivity contribution in [2.45, 2.75) is 12.8 Å². The molecule has 4 nitrogen and oxygen atoms in total. The summed E-state index contributed by atoms with van der Waals surface area (Å²) in [5.74, 6) is 1.42. The molecule has 2 aromatic rings. The molecule has 0 atom stereocenters. The fraction of sp³-hybridized carbons (Fsp3) is 0.250. The summed E-state index contributed by atoms with van der Waals surface area (Å²) in [6, 6.07) is 11.1. The van der Waals surface area contributed by atoms with Gasteiger partial charge in [-0.1, -0.05) is 12.1 Å². The van der Waals surface area contributed by atoms with Crippen molar-refractivity contribution in [3.8, 4) is 11.5 Å². The van der Waals surface area contributed by atoms with Gasteiger partial charge < -0.3 is 9.47 Å². The normalized spacial score (nSPS) is 10.1. The molecule has 4 heteroatoms. The highest BCUT2D eigenvalue weighted by atomic mass is 16.5. The predicted molar refractivity (Wildman–Crippen MR) is 76.2 cm³/mol. The second-order valence-corrected chi connectivity index (χ2v) is 4.40. The van der Waals surface area contributed by atoms with Crippen LogP contribution in [0.5, 0.6) is 11.5 Å². The average Bonchev–Trinajstić information content (AvgIpc) is 2.48. The first-order valence-corrected chi connectivity index (χ1v) is 6.35. The molecular weight excluding hydrogens is 254 g/mol. The summed E-state index contributed by atoms with van der Waals surface area (Å²) >= 11 is 0. The van der Waals surface area contributed by atoms with E-state index in [1.807, 2.05) is 36.4 Å². The molecule has 0 N–H and O–H groups in total. The van der Waals surface area contributed by atoms with Crippen LogP contribution in [0.2, 0.25) is 0 Å². The summed E-state index contributed by atoms with van der Waals surface area (Å²) in [6.45, 7) is 0. The van der Waals surface area contributed by atoms with Crippen molar-refractivity contribution in [2.24, 2.45) is 0 Å². The van der Waals surface area contributed by atoms with Gasteiger partial charge >= 0.3 is 0 Å². The summed E-state index contributed by atoms with van der Waals surface area (Å²) in [5.41, 5.74) is 1.70. The van der Waals surface area contributed by atoms with E-state index in [2.05, 4.69) is 4.98 Å². The average molecular weight is 271 g/mol. The number of Topliss-reactive ketones (excluding diaryl/α,β-unsaturated/α-hetero) is 1. The largest absolute Gasteiger partial charge is 0.493 e. The van der Waals surface area contributed by atoms with E-state index in [9.17, 15) is 4.79 Å². The van der Waals surface area contributed by atoms with E-state index < -0.39 is 0 Å². The zero-order valence-corrected chi connectivity index (χ0v) is 11.6. The Morgan fingerprint density at radius 2 is 1.85 bits per heavy atom. The number of carbonyl (C=O) groups is 1. The van der Waals surface area contributed by atoms with Gasteiger partial charge in [-0.3, -0.25) is 9.78 Å². The third-order valence-electron chi connectivity index (χ3n) is 2.95. The van der Waals surface area contributed by atoms with Gasteiger partial charge in [0.2, 0.25) is 0 Å². The van der Waals surface area contributed by atoms with Crippen LogP contribution in [0.15, 0.2) is 42.6 Å². The van der Waals surface area contributed by atoms with Crippen LogP contribution in [0, 0.1) is 0 Å². The van der Waals surface area contributed by atoms with Crippen LogP contribution in [0.4, 0.5) is 0 Å². The maximum absolute atomic E-state index is 12.0. The molecule has 104 valence electrons. The number of ether oxygens (including phenoxy) is 2. The van der Waals surface area contributed by atoms with Gasteiger partial charge in [0, 0.05) is 24.7 Å². The lowest BCUT2D eigenvalue weighted by Gasteiger charge is -2.09. The molecule has 0 fully saturated rings. The first-order chi connectivity index (χ1) is 9.72. The lowest BCUT2D eigenvalue weighted by atomic mass is 10.0. The van der Waals surface area contributed by atoms with Crippen molar-refractivity contribution in [1.82, 2.24) is 4.98 Å². The molecule has 1 aromatic heterocycles. The second kappa shape index (κ2) is 6.70. The molecule has 0 bridgehead atoms. The van der Waals surface area contributed by atoms with Crippen LogP contribution in [-0.2, 0) is 17.6 Å². The highest BCUT2D eigenvalue weighted by Gasteiger charge is 2.09. The Hall–Kier alpha value is -2.36. The highest BCUT2D eigenvalue weighted by Crippen LogP contribution is 2.27. The minimum absolute atomic E-state index is 0.121. The smallest absolute Gasteiger partial charge is 0.161 e. The number of rotatable bonds is 6. The molecule has 0 saturated heterocycles. The zero-order chi connectivity index (χ0) is 14.4. The fourth-order valence-electron chi connectivity index (χ4n) is 1.99. The Morgan fingerprint density at radius 1 is 1.05 bits per heavy atom. The molecule has 1 aromatic carbocycles. The summed E-state index contributed by atoms with van der Waals surface area (Å²) in [5, 5.41) is 0. The lowest BCUT2D eigenvalue weighted by Crippen LogP contribution is -2.07.